The van der Waals surface area contributed by atoms with Gasteiger partial charge in [-0.05, 0) is 22.9 Å². The van der Waals surface area contributed by atoms with Crippen molar-refractivity contribution in [3.63, 3.8) is 0 Å². The molecule has 0 aliphatic carbocycles. The maximum absolute atomic E-state index is 11.1. The molecule has 0 bridgehead atoms. The first-order valence-electron chi connectivity index (χ1n) is 4.76. The number of ether oxygens (including phenoxy) is 1. The molecule has 0 fully saturated rings. The predicted octanol–water partition coefficient (Wildman–Crippen LogP) is 1.26. The van der Waals surface area contributed by atoms with Crippen LogP contribution in [-0.2, 0) is 9.53 Å². The summed E-state index contributed by atoms with van der Waals surface area (Å²) in [5, 5.41) is 5.75. The topological polar surface area (TPSA) is 76.1 Å². The van der Waals surface area contributed by atoms with Gasteiger partial charge in [0.2, 0.25) is 0 Å². The molecule has 0 saturated carbocycles. The molecule has 1 heterocycles. The Kier molecular flexibility index (Phi) is 4.97. The standard InChI is InChI=1S/C9H13BrN4O2/c1-3-16-6(15)4-12-9-7(10)8(11-2)13-5-14-9/h5H,3-4H2,1-2H3,(H2,11,12,13,14). The molecule has 1 aromatic heterocycles. The van der Waals surface area contributed by atoms with E-state index in [0.29, 0.717) is 22.7 Å². The van der Waals surface area contributed by atoms with E-state index in [1.54, 1.807) is 14.0 Å². The van der Waals surface area contributed by atoms with Crippen LogP contribution in [0.15, 0.2) is 10.8 Å². The van der Waals surface area contributed by atoms with Crippen LogP contribution in [0.1, 0.15) is 6.92 Å². The summed E-state index contributed by atoms with van der Waals surface area (Å²) in [4.78, 5) is 19.1. The molecule has 0 unspecified atom stereocenters. The van der Waals surface area contributed by atoms with Gasteiger partial charge in [-0.3, -0.25) is 4.79 Å². The summed E-state index contributed by atoms with van der Waals surface area (Å²) >= 11 is 3.33. The van der Waals surface area contributed by atoms with E-state index < -0.39 is 0 Å². The Bertz CT molecular complexity index is 373. The number of nitrogens with zero attached hydrogens (tertiary/aromatic N) is 2. The lowest BCUT2D eigenvalue weighted by Gasteiger charge is -2.09. The Morgan fingerprint density at radius 1 is 1.50 bits per heavy atom. The molecule has 0 atom stereocenters. The summed E-state index contributed by atoms with van der Waals surface area (Å²) in [6.45, 7) is 2.21. The van der Waals surface area contributed by atoms with Gasteiger partial charge in [0.05, 0.1) is 6.61 Å². The van der Waals surface area contributed by atoms with Crippen molar-refractivity contribution in [1.29, 1.82) is 0 Å². The average molecular weight is 289 g/mol. The fourth-order valence-corrected chi connectivity index (χ4v) is 1.58. The first-order chi connectivity index (χ1) is 7.69. The first-order valence-corrected chi connectivity index (χ1v) is 5.56. The largest absolute Gasteiger partial charge is 0.465 e. The summed E-state index contributed by atoms with van der Waals surface area (Å²) in [7, 11) is 1.75. The minimum absolute atomic E-state index is 0.0760. The van der Waals surface area contributed by atoms with E-state index in [2.05, 4.69) is 36.5 Å². The number of esters is 1. The Hall–Kier alpha value is -1.37. The lowest BCUT2D eigenvalue weighted by atomic mass is 10.5. The minimum Gasteiger partial charge on any atom is -0.465 e. The molecule has 7 heteroatoms. The highest BCUT2D eigenvalue weighted by molar-refractivity contribution is 9.10. The monoisotopic (exact) mass is 288 g/mol. The molecule has 88 valence electrons. The van der Waals surface area contributed by atoms with Crippen LogP contribution in [0.25, 0.3) is 0 Å². The lowest BCUT2D eigenvalue weighted by molar-refractivity contribution is -0.140. The van der Waals surface area contributed by atoms with E-state index in [1.165, 1.54) is 6.33 Å². The summed E-state index contributed by atoms with van der Waals surface area (Å²) in [5.74, 6) is 0.882. The number of aromatic nitrogens is 2. The molecule has 0 saturated heterocycles. The molecule has 1 aromatic rings. The summed E-state index contributed by atoms with van der Waals surface area (Å²) < 4.78 is 5.47. The minimum atomic E-state index is -0.320. The zero-order valence-electron chi connectivity index (χ0n) is 9.08. The molecular weight excluding hydrogens is 276 g/mol. The van der Waals surface area contributed by atoms with Gasteiger partial charge in [0, 0.05) is 7.05 Å². The molecule has 16 heavy (non-hydrogen) atoms. The van der Waals surface area contributed by atoms with Crippen molar-refractivity contribution in [2.75, 3.05) is 30.8 Å². The van der Waals surface area contributed by atoms with Crippen molar-refractivity contribution in [1.82, 2.24) is 9.97 Å². The van der Waals surface area contributed by atoms with Crippen LogP contribution < -0.4 is 10.6 Å². The summed E-state index contributed by atoms with van der Waals surface area (Å²) in [6.07, 6.45) is 1.41. The maximum atomic E-state index is 11.1. The number of hydrogen-bond donors (Lipinski definition) is 2. The second-order valence-corrected chi connectivity index (χ2v) is 3.59. The van der Waals surface area contributed by atoms with E-state index in [0.717, 1.165) is 0 Å². The van der Waals surface area contributed by atoms with E-state index >= 15 is 0 Å². The predicted molar refractivity (Wildman–Crippen MR) is 64.4 cm³/mol. The third kappa shape index (κ3) is 3.34. The van der Waals surface area contributed by atoms with E-state index in [9.17, 15) is 4.79 Å². The van der Waals surface area contributed by atoms with Crippen LogP contribution in [0.3, 0.4) is 0 Å². The fourth-order valence-electron chi connectivity index (χ4n) is 1.04. The van der Waals surface area contributed by atoms with Gasteiger partial charge in [-0.2, -0.15) is 0 Å². The molecule has 1 rings (SSSR count). The van der Waals surface area contributed by atoms with Crippen molar-refractivity contribution in [2.45, 2.75) is 6.92 Å². The lowest BCUT2D eigenvalue weighted by Crippen LogP contribution is -2.17. The van der Waals surface area contributed by atoms with Gasteiger partial charge in [-0.15, -0.1) is 0 Å². The van der Waals surface area contributed by atoms with Crippen molar-refractivity contribution >= 4 is 33.5 Å². The van der Waals surface area contributed by atoms with Crippen LogP contribution in [0, 0.1) is 0 Å². The SMILES string of the molecule is CCOC(=O)CNc1ncnc(NC)c1Br. The highest BCUT2D eigenvalue weighted by atomic mass is 79.9. The highest BCUT2D eigenvalue weighted by Gasteiger charge is 2.08. The van der Waals surface area contributed by atoms with Crippen LogP contribution >= 0.6 is 15.9 Å². The Morgan fingerprint density at radius 3 is 2.81 bits per heavy atom. The van der Waals surface area contributed by atoms with Crippen LogP contribution in [0.2, 0.25) is 0 Å². The van der Waals surface area contributed by atoms with Crippen molar-refractivity contribution < 1.29 is 9.53 Å². The summed E-state index contributed by atoms with van der Waals surface area (Å²) in [5.41, 5.74) is 0. The van der Waals surface area contributed by atoms with Crippen molar-refractivity contribution in [3.05, 3.63) is 10.8 Å². The normalized spacial score (nSPS) is 9.69. The second kappa shape index (κ2) is 6.26. The number of hydrogen-bond acceptors (Lipinski definition) is 6. The highest BCUT2D eigenvalue weighted by Crippen LogP contribution is 2.25. The van der Waals surface area contributed by atoms with E-state index in [1.807, 2.05) is 0 Å². The molecule has 0 radical (unpaired) electrons. The van der Waals surface area contributed by atoms with Crippen LogP contribution in [0.4, 0.5) is 11.6 Å². The van der Waals surface area contributed by atoms with Gasteiger partial charge < -0.3 is 15.4 Å². The van der Waals surface area contributed by atoms with Gasteiger partial charge in [0.15, 0.2) is 0 Å². The number of nitrogens with one attached hydrogen (secondary N) is 2. The van der Waals surface area contributed by atoms with Crippen molar-refractivity contribution in [3.8, 4) is 0 Å². The van der Waals surface area contributed by atoms with Gasteiger partial charge in [0.25, 0.3) is 0 Å². The zero-order chi connectivity index (χ0) is 12.0. The van der Waals surface area contributed by atoms with Gasteiger partial charge in [-0.25, -0.2) is 9.97 Å². The smallest absolute Gasteiger partial charge is 0.325 e. The molecule has 0 aliphatic heterocycles. The number of carbonyl (C=O) groups excluding carboxylic acids is 1. The summed E-state index contributed by atoms with van der Waals surface area (Å²) in [6, 6.07) is 0. The van der Waals surface area contributed by atoms with Gasteiger partial charge in [0.1, 0.15) is 29.0 Å². The number of anilines is 2. The second-order valence-electron chi connectivity index (χ2n) is 2.79. The molecule has 0 amide bonds. The third-order valence-electron chi connectivity index (χ3n) is 1.73. The third-order valence-corrected chi connectivity index (χ3v) is 2.48. The fraction of sp³-hybridized carbons (Fsp3) is 0.444. The molecule has 2 N–H and O–H groups in total. The quantitative estimate of drug-likeness (QED) is 0.795. The zero-order valence-corrected chi connectivity index (χ0v) is 10.7. The molecule has 6 nitrogen and oxygen atoms in total. The van der Waals surface area contributed by atoms with Crippen LogP contribution in [0.5, 0.6) is 0 Å². The Morgan fingerprint density at radius 2 is 2.19 bits per heavy atom. The van der Waals surface area contributed by atoms with Gasteiger partial charge in [-0.1, -0.05) is 0 Å². The van der Waals surface area contributed by atoms with Gasteiger partial charge >= 0.3 is 5.97 Å². The van der Waals surface area contributed by atoms with E-state index in [4.69, 9.17) is 4.74 Å². The Balaban J connectivity index is 2.63. The number of carbonyl (C=O) groups is 1. The first kappa shape index (κ1) is 12.7. The molecule has 0 aliphatic rings. The van der Waals surface area contributed by atoms with Crippen molar-refractivity contribution in [2.24, 2.45) is 0 Å². The average Bonchev–Trinajstić information content (AvgIpc) is 2.28. The van der Waals surface area contributed by atoms with Crippen LogP contribution in [-0.4, -0.2) is 36.1 Å². The Labute approximate surface area is 102 Å². The number of rotatable bonds is 5. The maximum Gasteiger partial charge on any atom is 0.325 e. The van der Waals surface area contributed by atoms with E-state index in [-0.39, 0.29) is 12.5 Å². The molecular formula is C9H13BrN4O2. The molecule has 0 spiro atoms. The number of halogens is 1. The molecule has 0 aromatic carbocycles.